The number of fused-ring (bicyclic) bond motifs is 1. The third-order valence-corrected chi connectivity index (χ3v) is 4.06. The normalized spacial score (nSPS) is 12.0. The summed E-state index contributed by atoms with van der Waals surface area (Å²) in [6, 6.07) is 13.5. The third kappa shape index (κ3) is 3.51. The molecular weight excluding hydrogens is 344 g/mol. The van der Waals surface area contributed by atoms with Crippen LogP contribution in [-0.4, -0.2) is 13.1 Å². The summed E-state index contributed by atoms with van der Waals surface area (Å²) >= 11 is 6.30. The van der Waals surface area contributed by atoms with Gasteiger partial charge in [0.15, 0.2) is 0 Å². The van der Waals surface area contributed by atoms with Gasteiger partial charge in [0.25, 0.3) is 0 Å². The first-order valence-electron chi connectivity index (χ1n) is 7.53. The molecule has 0 aliphatic carbocycles. The monoisotopic (exact) mass is 358 g/mol. The molecule has 2 aromatic carbocycles. The number of carbonyl (C=O) groups excluding carboxylic acids is 1. The Labute approximate surface area is 148 Å². The van der Waals surface area contributed by atoms with Crippen LogP contribution in [0.4, 0.5) is 0 Å². The fraction of sp³-hybridized carbons (Fsp3) is 0.158. The second-order valence-electron chi connectivity index (χ2n) is 5.46. The zero-order valence-electron chi connectivity index (χ0n) is 13.6. The van der Waals surface area contributed by atoms with Crippen molar-refractivity contribution in [3.05, 3.63) is 75.1 Å². The number of aryl methyl sites for hydroxylation is 1. The van der Waals surface area contributed by atoms with Crippen LogP contribution >= 0.6 is 11.6 Å². The van der Waals surface area contributed by atoms with E-state index in [1.807, 2.05) is 6.07 Å². The van der Waals surface area contributed by atoms with Crippen LogP contribution in [-0.2, 0) is 9.53 Å². The van der Waals surface area contributed by atoms with E-state index in [1.54, 1.807) is 37.3 Å². The Bertz CT molecular complexity index is 978. The molecule has 1 heterocycles. The van der Waals surface area contributed by atoms with E-state index < -0.39 is 17.7 Å². The number of ether oxygens (including phenoxy) is 2. The number of methoxy groups -OCH3 is 1. The van der Waals surface area contributed by atoms with Gasteiger partial charge in [-0.15, -0.1) is 0 Å². The number of benzene rings is 2. The fourth-order valence-electron chi connectivity index (χ4n) is 2.52. The van der Waals surface area contributed by atoms with E-state index in [1.165, 1.54) is 19.2 Å². The molecular formula is C19H15ClO5. The summed E-state index contributed by atoms with van der Waals surface area (Å²) in [5, 5.41) is 1.00. The van der Waals surface area contributed by atoms with Gasteiger partial charge in [-0.25, -0.2) is 9.59 Å². The Balaban J connectivity index is 2.06. The Morgan fingerprint density at radius 3 is 2.56 bits per heavy atom. The van der Waals surface area contributed by atoms with Crippen LogP contribution in [0.25, 0.3) is 11.0 Å². The Morgan fingerprint density at radius 1 is 1.16 bits per heavy atom. The Kier molecular flexibility index (Phi) is 4.76. The van der Waals surface area contributed by atoms with Gasteiger partial charge >= 0.3 is 11.6 Å². The third-order valence-electron chi connectivity index (χ3n) is 3.77. The summed E-state index contributed by atoms with van der Waals surface area (Å²) in [5.41, 5.74) is 1.23. The van der Waals surface area contributed by atoms with Crippen molar-refractivity contribution >= 4 is 28.5 Å². The molecule has 6 heteroatoms. The van der Waals surface area contributed by atoms with Crippen molar-refractivity contribution in [3.8, 4) is 5.75 Å². The van der Waals surface area contributed by atoms with Crippen LogP contribution < -0.4 is 10.4 Å². The van der Waals surface area contributed by atoms with Gasteiger partial charge in [-0.2, -0.15) is 0 Å². The van der Waals surface area contributed by atoms with Crippen LogP contribution in [0.2, 0.25) is 5.02 Å². The first kappa shape index (κ1) is 17.0. The minimum atomic E-state index is -0.988. The average molecular weight is 359 g/mol. The van der Waals surface area contributed by atoms with Crippen molar-refractivity contribution in [2.75, 3.05) is 7.11 Å². The maximum absolute atomic E-state index is 12.1. The van der Waals surface area contributed by atoms with Crippen molar-refractivity contribution in [3.63, 3.8) is 0 Å². The van der Waals surface area contributed by atoms with Crippen molar-refractivity contribution in [1.82, 2.24) is 0 Å². The lowest BCUT2D eigenvalue weighted by atomic mass is 10.1. The van der Waals surface area contributed by atoms with E-state index in [9.17, 15) is 9.59 Å². The smallest absolute Gasteiger partial charge is 0.351 e. The molecule has 1 atom stereocenters. The molecule has 0 aliphatic rings. The van der Waals surface area contributed by atoms with Crippen molar-refractivity contribution in [2.24, 2.45) is 0 Å². The van der Waals surface area contributed by atoms with Crippen LogP contribution in [0, 0.1) is 6.92 Å². The van der Waals surface area contributed by atoms with Crippen molar-refractivity contribution < 1.29 is 18.7 Å². The van der Waals surface area contributed by atoms with Gasteiger partial charge in [-0.05, 0) is 18.6 Å². The molecule has 0 radical (unpaired) electrons. The average Bonchev–Trinajstić information content (AvgIpc) is 2.60. The van der Waals surface area contributed by atoms with Crippen LogP contribution in [0.5, 0.6) is 5.75 Å². The lowest BCUT2D eigenvalue weighted by Gasteiger charge is -2.18. The zero-order chi connectivity index (χ0) is 18.0. The highest BCUT2D eigenvalue weighted by Crippen LogP contribution is 2.34. The maximum Gasteiger partial charge on any atom is 0.351 e. The summed E-state index contributed by atoms with van der Waals surface area (Å²) in [7, 11) is 1.28. The highest BCUT2D eigenvalue weighted by molar-refractivity contribution is 6.32. The molecule has 3 rings (SSSR count). The number of hydrogen-bond donors (Lipinski definition) is 0. The number of hydrogen-bond acceptors (Lipinski definition) is 5. The first-order chi connectivity index (χ1) is 12.0. The van der Waals surface area contributed by atoms with Gasteiger partial charge in [0.1, 0.15) is 11.3 Å². The van der Waals surface area contributed by atoms with E-state index in [0.29, 0.717) is 21.6 Å². The summed E-state index contributed by atoms with van der Waals surface area (Å²) < 4.78 is 15.8. The topological polar surface area (TPSA) is 65.7 Å². The number of esters is 1. The van der Waals surface area contributed by atoms with Crippen molar-refractivity contribution in [2.45, 2.75) is 13.0 Å². The SMILES string of the molecule is COC(=O)[C@H](Oc1cc2oc(=O)cc(C)c2cc1Cl)c1ccccc1. The molecule has 0 aliphatic heterocycles. The highest BCUT2D eigenvalue weighted by Gasteiger charge is 2.25. The molecule has 0 saturated carbocycles. The van der Waals surface area contributed by atoms with E-state index in [2.05, 4.69) is 0 Å². The molecule has 1 aromatic heterocycles. The highest BCUT2D eigenvalue weighted by atomic mass is 35.5. The molecule has 0 fully saturated rings. The Hall–Kier alpha value is -2.79. The van der Waals surface area contributed by atoms with Gasteiger partial charge in [-0.3, -0.25) is 0 Å². The molecule has 0 N–H and O–H groups in total. The summed E-state index contributed by atoms with van der Waals surface area (Å²) in [6.07, 6.45) is -0.988. The molecule has 0 bridgehead atoms. The predicted molar refractivity (Wildman–Crippen MR) is 94.1 cm³/mol. The molecule has 3 aromatic rings. The number of halogens is 1. The summed E-state index contributed by atoms with van der Waals surface area (Å²) in [5.74, 6) is -0.338. The predicted octanol–water partition coefficient (Wildman–Crippen LogP) is 4.05. The molecule has 25 heavy (non-hydrogen) atoms. The van der Waals surface area contributed by atoms with E-state index in [4.69, 9.17) is 25.5 Å². The van der Waals surface area contributed by atoms with Gasteiger partial charge in [0.2, 0.25) is 6.10 Å². The summed E-state index contributed by atoms with van der Waals surface area (Å²) in [4.78, 5) is 23.7. The van der Waals surface area contributed by atoms with Crippen molar-refractivity contribution in [1.29, 1.82) is 0 Å². The molecule has 0 unspecified atom stereocenters. The van der Waals surface area contributed by atoms with E-state index in [-0.39, 0.29) is 5.75 Å². The van der Waals surface area contributed by atoms with Crippen LogP contribution in [0.15, 0.2) is 57.7 Å². The molecule has 128 valence electrons. The maximum atomic E-state index is 12.1. The quantitative estimate of drug-likeness (QED) is 0.520. The largest absolute Gasteiger partial charge is 0.472 e. The fourth-order valence-corrected chi connectivity index (χ4v) is 2.73. The molecule has 0 saturated heterocycles. The number of carbonyl (C=O) groups is 1. The van der Waals surface area contributed by atoms with Gasteiger partial charge in [-0.1, -0.05) is 41.9 Å². The van der Waals surface area contributed by atoms with Gasteiger partial charge in [0.05, 0.1) is 12.1 Å². The van der Waals surface area contributed by atoms with Crippen LogP contribution in [0.1, 0.15) is 17.2 Å². The van der Waals surface area contributed by atoms with Gasteiger partial charge < -0.3 is 13.9 Å². The number of rotatable bonds is 4. The molecule has 0 spiro atoms. The van der Waals surface area contributed by atoms with Gasteiger partial charge in [0, 0.05) is 23.1 Å². The molecule has 0 amide bonds. The lowest BCUT2D eigenvalue weighted by Crippen LogP contribution is -2.20. The second kappa shape index (κ2) is 6.99. The second-order valence-corrected chi connectivity index (χ2v) is 5.87. The first-order valence-corrected chi connectivity index (χ1v) is 7.91. The van der Waals surface area contributed by atoms with E-state index in [0.717, 1.165) is 5.56 Å². The standard InChI is InChI=1S/C19H15ClO5/c1-11-8-17(21)24-15-10-16(14(20)9-13(11)15)25-18(19(22)23-2)12-6-4-3-5-7-12/h3-10,18H,1-2H3/t18-/m1/s1. The zero-order valence-corrected chi connectivity index (χ0v) is 14.4. The van der Waals surface area contributed by atoms with E-state index >= 15 is 0 Å². The van der Waals surface area contributed by atoms with Crippen LogP contribution in [0.3, 0.4) is 0 Å². The minimum Gasteiger partial charge on any atom is -0.472 e. The molecule has 5 nitrogen and oxygen atoms in total. The lowest BCUT2D eigenvalue weighted by molar-refractivity contribution is -0.149. The Morgan fingerprint density at radius 2 is 1.88 bits per heavy atom. The minimum absolute atomic E-state index is 0.224. The summed E-state index contributed by atoms with van der Waals surface area (Å²) in [6.45, 7) is 1.79.